The first-order valence-electron chi connectivity index (χ1n) is 7.79. The van der Waals surface area contributed by atoms with E-state index in [1.807, 2.05) is 55.1 Å². The molecule has 130 valence electrons. The van der Waals surface area contributed by atoms with E-state index in [4.69, 9.17) is 5.73 Å². The van der Waals surface area contributed by atoms with Gasteiger partial charge in [-0.25, -0.2) is 9.38 Å². The molecule has 2 aromatic carbocycles. The fourth-order valence-corrected chi connectivity index (χ4v) is 2.35. The van der Waals surface area contributed by atoms with Gasteiger partial charge in [-0.05, 0) is 43.7 Å². The Hall–Kier alpha value is -1.83. The van der Waals surface area contributed by atoms with Crippen LogP contribution >= 0.6 is 24.0 Å². The molecule has 0 atom stereocenters. The van der Waals surface area contributed by atoms with Crippen LogP contribution in [0.15, 0.2) is 53.5 Å². The predicted octanol–water partition coefficient (Wildman–Crippen LogP) is 4.22. The summed E-state index contributed by atoms with van der Waals surface area (Å²) in [7, 11) is 0. The third kappa shape index (κ3) is 5.67. The van der Waals surface area contributed by atoms with Crippen molar-refractivity contribution >= 4 is 41.3 Å². The fraction of sp³-hybridized carbons (Fsp3) is 0.278. The van der Waals surface area contributed by atoms with E-state index in [0.717, 1.165) is 24.3 Å². The Balaban J connectivity index is 0.00000288. The smallest absolute Gasteiger partial charge is 0.193 e. The summed E-state index contributed by atoms with van der Waals surface area (Å²) in [6, 6.07) is 14.8. The predicted molar refractivity (Wildman–Crippen MR) is 111 cm³/mol. The van der Waals surface area contributed by atoms with E-state index in [9.17, 15) is 4.39 Å². The van der Waals surface area contributed by atoms with E-state index in [0.29, 0.717) is 18.2 Å². The second-order valence-corrected chi connectivity index (χ2v) is 5.15. The minimum absolute atomic E-state index is 0. The van der Waals surface area contributed by atoms with Gasteiger partial charge in [-0.2, -0.15) is 0 Å². The van der Waals surface area contributed by atoms with Gasteiger partial charge in [-0.15, -0.1) is 24.0 Å². The Kier molecular flexibility index (Phi) is 8.53. The normalized spacial score (nSPS) is 10.9. The van der Waals surface area contributed by atoms with Crippen LogP contribution in [0.3, 0.4) is 0 Å². The lowest BCUT2D eigenvalue weighted by Gasteiger charge is -2.21. The number of halogens is 2. The minimum atomic E-state index is -0.226. The summed E-state index contributed by atoms with van der Waals surface area (Å²) in [5.74, 6) is 0.0837. The quantitative estimate of drug-likeness (QED) is 0.400. The standard InChI is InChI=1S/C18H23FN4.HI/c1-3-23(4-2)17-11-10-14(12-16(17)19)13-21-18(20)22-15-8-6-5-7-9-15;/h5-12H,3-4,13H2,1-2H3,(H3,20,21,22);1H. The summed E-state index contributed by atoms with van der Waals surface area (Å²) in [5.41, 5.74) is 8.13. The van der Waals surface area contributed by atoms with Crippen LogP contribution in [-0.4, -0.2) is 19.0 Å². The van der Waals surface area contributed by atoms with E-state index in [1.165, 1.54) is 6.07 Å². The monoisotopic (exact) mass is 442 g/mol. The van der Waals surface area contributed by atoms with Crippen molar-refractivity contribution in [2.75, 3.05) is 23.3 Å². The van der Waals surface area contributed by atoms with Crippen LogP contribution in [0.4, 0.5) is 15.8 Å². The maximum Gasteiger partial charge on any atom is 0.193 e. The molecule has 0 saturated carbocycles. The molecule has 0 aliphatic rings. The summed E-state index contributed by atoms with van der Waals surface area (Å²) < 4.78 is 14.2. The van der Waals surface area contributed by atoms with Crippen LogP contribution in [0.2, 0.25) is 0 Å². The second kappa shape index (κ2) is 10.1. The summed E-state index contributed by atoms with van der Waals surface area (Å²) in [6.45, 7) is 5.91. The van der Waals surface area contributed by atoms with Gasteiger partial charge in [0.1, 0.15) is 5.82 Å². The molecule has 0 aromatic heterocycles. The zero-order valence-corrected chi connectivity index (χ0v) is 16.3. The fourth-order valence-electron chi connectivity index (χ4n) is 2.35. The molecule has 2 rings (SSSR count). The van der Waals surface area contributed by atoms with E-state index in [-0.39, 0.29) is 29.8 Å². The zero-order valence-electron chi connectivity index (χ0n) is 14.0. The van der Waals surface area contributed by atoms with Crippen molar-refractivity contribution < 1.29 is 4.39 Å². The molecule has 2 aromatic rings. The van der Waals surface area contributed by atoms with E-state index in [1.54, 1.807) is 6.07 Å². The van der Waals surface area contributed by atoms with Crippen LogP contribution in [0.5, 0.6) is 0 Å². The molecule has 0 radical (unpaired) electrons. The molecular formula is C18H24FIN4. The molecule has 0 unspecified atom stereocenters. The number of guanidine groups is 1. The third-order valence-electron chi connectivity index (χ3n) is 3.59. The molecule has 0 amide bonds. The van der Waals surface area contributed by atoms with Crippen molar-refractivity contribution in [3.63, 3.8) is 0 Å². The topological polar surface area (TPSA) is 53.6 Å². The average molecular weight is 442 g/mol. The molecule has 0 bridgehead atoms. The lowest BCUT2D eigenvalue weighted by molar-refractivity contribution is 0.618. The van der Waals surface area contributed by atoms with Crippen LogP contribution < -0.4 is 16.0 Å². The van der Waals surface area contributed by atoms with Crippen molar-refractivity contribution in [1.82, 2.24) is 0 Å². The summed E-state index contributed by atoms with van der Waals surface area (Å²) >= 11 is 0. The SMILES string of the molecule is CCN(CC)c1ccc(CN=C(N)Nc2ccccc2)cc1F.I. The number of hydrogen-bond donors (Lipinski definition) is 2. The molecule has 3 N–H and O–H groups in total. The highest BCUT2D eigenvalue weighted by molar-refractivity contribution is 14.0. The van der Waals surface area contributed by atoms with Gasteiger partial charge in [0.15, 0.2) is 5.96 Å². The largest absolute Gasteiger partial charge is 0.370 e. The van der Waals surface area contributed by atoms with Gasteiger partial charge in [0.05, 0.1) is 12.2 Å². The van der Waals surface area contributed by atoms with Crippen molar-refractivity contribution in [3.05, 3.63) is 59.9 Å². The molecule has 4 nitrogen and oxygen atoms in total. The third-order valence-corrected chi connectivity index (χ3v) is 3.59. The van der Waals surface area contributed by atoms with E-state index >= 15 is 0 Å². The minimum Gasteiger partial charge on any atom is -0.370 e. The van der Waals surface area contributed by atoms with E-state index < -0.39 is 0 Å². The maximum absolute atomic E-state index is 14.2. The second-order valence-electron chi connectivity index (χ2n) is 5.15. The van der Waals surface area contributed by atoms with Crippen LogP contribution in [0.1, 0.15) is 19.4 Å². The molecule has 0 spiro atoms. The first kappa shape index (κ1) is 20.2. The highest BCUT2D eigenvalue weighted by Gasteiger charge is 2.08. The van der Waals surface area contributed by atoms with Crippen molar-refractivity contribution in [1.29, 1.82) is 0 Å². The number of hydrogen-bond acceptors (Lipinski definition) is 2. The van der Waals surface area contributed by atoms with Crippen LogP contribution in [0.25, 0.3) is 0 Å². The molecule has 0 heterocycles. The highest BCUT2D eigenvalue weighted by Crippen LogP contribution is 2.20. The van der Waals surface area contributed by atoms with Gasteiger partial charge in [-0.1, -0.05) is 24.3 Å². The number of anilines is 2. The number of nitrogens with zero attached hydrogens (tertiary/aromatic N) is 2. The molecule has 24 heavy (non-hydrogen) atoms. The Morgan fingerprint density at radius 2 is 1.79 bits per heavy atom. The van der Waals surface area contributed by atoms with Gasteiger partial charge < -0.3 is 16.0 Å². The number of nitrogens with one attached hydrogen (secondary N) is 1. The molecule has 6 heteroatoms. The number of rotatable bonds is 6. The Morgan fingerprint density at radius 3 is 2.38 bits per heavy atom. The zero-order chi connectivity index (χ0) is 16.7. The molecule has 0 aliphatic carbocycles. The van der Waals surface area contributed by atoms with E-state index in [2.05, 4.69) is 10.3 Å². The van der Waals surface area contributed by atoms with Crippen LogP contribution in [0, 0.1) is 5.82 Å². The summed E-state index contributed by atoms with van der Waals surface area (Å²) in [5, 5.41) is 3.00. The molecule has 0 aliphatic heterocycles. The Bertz CT molecular complexity index is 657. The first-order valence-corrected chi connectivity index (χ1v) is 7.79. The first-order chi connectivity index (χ1) is 11.1. The number of benzene rings is 2. The van der Waals surface area contributed by atoms with Crippen molar-refractivity contribution in [2.45, 2.75) is 20.4 Å². The molecule has 0 fully saturated rings. The van der Waals surface area contributed by atoms with Crippen molar-refractivity contribution in [3.8, 4) is 0 Å². The maximum atomic E-state index is 14.2. The van der Waals surface area contributed by atoms with Gasteiger partial charge >= 0.3 is 0 Å². The van der Waals surface area contributed by atoms with Gasteiger partial charge in [0.2, 0.25) is 0 Å². The lowest BCUT2D eigenvalue weighted by Crippen LogP contribution is -2.23. The lowest BCUT2D eigenvalue weighted by atomic mass is 10.2. The number of para-hydroxylation sites is 1. The van der Waals surface area contributed by atoms with Gasteiger partial charge in [0, 0.05) is 18.8 Å². The van der Waals surface area contributed by atoms with Gasteiger partial charge in [0.25, 0.3) is 0 Å². The average Bonchev–Trinajstić information content (AvgIpc) is 2.56. The highest BCUT2D eigenvalue weighted by atomic mass is 127. The Morgan fingerprint density at radius 1 is 1.12 bits per heavy atom. The van der Waals surface area contributed by atoms with Gasteiger partial charge in [-0.3, -0.25) is 0 Å². The molecule has 0 saturated heterocycles. The summed E-state index contributed by atoms with van der Waals surface area (Å²) in [6.07, 6.45) is 0. The summed E-state index contributed by atoms with van der Waals surface area (Å²) in [4.78, 5) is 6.23. The molecular weight excluding hydrogens is 418 g/mol. The van der Waals surface area contributed by atoms with Crippen LogP contribution in [-0.2, 0) is 6.54 Å². The number of aliphatic imine (C=N–C) groups is 1. The Labute approximate surface area is 160 Å². The van der Waals surface area contributed by atoms with Crippen molar-refractivity contribution in [2.24, 2.45) is 10.7 Å². The number of nitrogens with two attached hydrogens (primary N) is 1.